The topological polar surface area (TPSA) is 57.9 Å². The van der Waals surface area contributed by atoms with E-state index in [-0.39, 0.29) is 0 Å². The zero-order valence-electron chi connectivity index (χ0n) is 12.0. The fraction of sp³-hybridized carbons (Fsp3) is 0.438. The van der Waals surface area contributed by atoms with Crippen molar-refractivity contribution in [2.75, 3.05) is 18.0 Å². The Morgan fingerprint density at radius 1 is 1.25 bits per heavy atom. The first-order chi connectivity index (χ1) is 9.79. The molecule has 1 fully saturated rings. The van der Waals surface area contributed by atoms with Crippen molar-refractivity contribution in [2.45, 2.75) is 32.2 Å². The predicted octanol–water partition coefficient (Wildman–Crippen LogP) is 2.57. The van der Waals surface area contributed by atoms with Crippen LogP contribution in [0.4, 0.5) is 5.82 Å². The van der Waals surface area contributed by atoms with E-state index in [1.54, 1.807) is 0 Å². The summed E-state index contributed by atoms with van der Waals surface area (Å²) in [5.41, 5.74) is 9.65. The summed E-state index contributed by atoms with van der Waals surface area (Å²) in [4.78, 5) is 2.37. The van der Waals surface area contributed by atoms with Gasteiger partial charge in [0.25, 0.3) is 0 Å². The molecule has 1 aromatic heterocycles. The van der Waals surface area contributed by atoms with E-state index in [1.807, 2.05) is 6.07 Å². The molecule has 0 amide bonds. The third-order valence-electron chi connectivity index (χ3n) is 4.10. The number of aromatic amines is 1. The summed E-state index contributed by atoms with van der Waals surface area (Å²) in [6.07, 6.45) is 3.09. The largest absolute Gasteiger partial charge is 0.355 e. The summed E-state index contributed by atoms with van der Waals surface area (Å²) in [6, 6.07) is 10.8. The average Bonchev–Trinajstić information content (AvgIpc) is 2.93. The molecule has 3 rings (SSSR count). The Balaban J connectivity index is 1.92. The number of nitrogens with two attached hydrogens (primary N) is 1. The number of hydrogen-bond donors (Lipinski definition) is 2. The smallest absolute Gasteiger partial charge is 0.154 e. The van der Waals surface area contributed by atoms with Crippen molar-refractivity contribution in [3.05, 3.63) is 35.9 Å². The van der Waals surface area contributed by atoms with Gasteiger partial charge in [0.15, 0.2) is 5.82 Å². The molecule has 4 nitrogen and oxygen atoms in total. The minimum atomic E-state index is 0.351. The van der Waals surface area contributed by atoms with Crippen molar-refractivity contribution in [1.82, 2.24) is 10.2 Å². The number of rotatable bonds is 3. The van der Waals surface area contributed by atoms with Gasteiger partial charge in [-0.3, -0.25) is 5.10 Å². The van der Waals surface area contributed by atoms with Crippen molar-refractivity contribution in [3.8, 4) is 11.3 Å². The molecule has 0 unspecified atom stereocenters. The molecule has 2 heterocycles. The van der Waals surface area contributed by atoms with Gasteiger partial charge in [0.1, 0.15) is 0 Å². The van der Waals surface area contributed by atoms with Gasteiger partial charge in [0, 0.05) is 24.7 Å². The molecule has 20 heavy (non-hydrogen) atoms. The third-order valence-corrected chi connectivity index (χ3v) is 4.10. The maximum absolute atomic E-state index is 5.99. The van der Waals surface area contributed by atoms with Crippen molar-refractivity contribution in [3.63, 3.8) is 0 Å². The van der Waals surface area contributed by atoms with Gasteiger partial charge in [-0.2, -0.15) is 5.10 Å². The first kappa shape index (κ1) is 13.2. The molecule has 0 bridgehead atoms. The number of nitrogens with one attached hydrogen (secondary N) is 1. The second-order valence-corrected chi connectivity index (χ2v) is 5.44. The van der Waals surface area contributed by atoms with Crippen molar-refractivity contribution in [2.24, 2.45) is 5.73 Å². The Bertz CT molecular complexity index is 553. The monoisotopic (exact) mass is 270 g/mol. The van der Waals surface area contributed by atoms with E-state index in [4.69, 9.17) is 5.73 Å². The fourth-order valence-electron chi connectivity index (χ4n) is 2.91. The van der Waals surface area contributed by atoms with Gasteiger partial charge in [0.2, 0.25) is 0 Å². The third kappa shape index (κ3) is 2.43. The number of anilines is 1. The van der Waals surface area contributed by atoms with Gasteiger partial charge in [-0.15, -0.1) is 0 Å². The standard InChI is InChI=1S/C16H22N4/c1-2-14-15(12-6-4-3-5-7-12)18-19-16(14)20-10-8-13(17)9-11-20/h3-7,13H,2,8-11,17H2,1H3,(H,18,19). The summed E-state index contributed by atoms with van der Waals surface area (Å²) in [5, 5.41) is 7.80. The lowest BCUT2D eigenvalue weighted by Gasteiger charge is -2.30. The van der Waals surface area contributed by atoms with Crippen LogP contribution in [0.25, 0.3) is 11.3 Å². The Morgan fingerprint density at radius 2 is 1.95 bits per heavy atom. The molecular weight excluding hydrogens is 248 g/mol. The first-order valence-corrected chi connectivity index (χ1v) is 7.42. The van der Waals surface area contributed by atoms with Crippen molar-refractivity contribution >= 4 is 5.82 Å². The van der Waals surface area contributed by atoms with Crippen LogP contribution in [0, 0.1) is 0 Å². The molecule has 0 radical (unpaired) electrons. The minimum absolute atomic E-state index is 0.351. The molecule has 0 atom stereocenters. The lowest BCUT2D eigenvalue weighted by atomic mass is 10.0. The normalized spacial score (nSPS) is 16.6. The zero-order valence-corrected chi connectivity index (χ0v) is 12.0. The van der Waals surface area contributed by atoms with Gasteiger partial charge in [-0.1, -0.05) is 37.3 Å². The van der Waals surface area contributed by atoms with Crippen LogP contribution < -0.4 is 10.6 Å². The Kier molecular flexibility index (Phi) is 3.74. The highest BCUT2D eigenvalue weighted by atomic mass is 15.3. The molecule has 0 saturated carbocycles. The Hall–Kier alpha value is -1.81. The molecular formula is C16H22N4. The number of hydrogen-bond acceptors (Lipinski definition) is 3. The summed E-state index contributed by atoms with van der Waals surface area (Å²) < 4.78 is 0. The lowest BCUT2D eigenvalue weighted by Crippen LogP contribution is -2.40. The highest BCUT2D eigenvalue weighted by Crippen LogP contribution is 2.30. The van der Waals surface area contributed by atoms with E-state index in [9.17, 15) is 0 Å². The molecule has 1 aromatic carbocycles. The predicted molar refractivity (Wildman–Crippen MR) is 82.8 cm³/mol. The van der Waals surface area contributed by atoms with E-state index in [2.05, 4.69) is 46.3 Å². The van der Waals surface area contributed by atoms with Gasteiger partial charge < -0.3 is 10.6 Å². The van der Waals surface area contributed by atoms with E-state index in [0.717, 1.165) is 43.9 Å². The summed E-state index contributed by atoms with van der Waals surface area (Å²) >= 11 is 0. The number of H-pyrrole nitrogens is 1. The van der Waals surface area contributed by atoms with E-state index < -0.39 is 0 Å². The van der Waals surface area contributed by atoms with Crippen LogP contribution >= 0.6 is 0 Å². The van der Waals surface area contributed by atoms with Crippen LogP contribution in [0.2, 0.25) is 0 Å². The molecule has 4 heteroatoms. The molecule has 1 aliphatic rings. The van der Waals surface area contributed by atoms with Crippen molar-refractivity contribution in [1.29, 1.82) is 0 Å². The maximum atomic E-state index is 5.99. The zero-order chi connectivity index (χ0) is 13.9. The van der Waals surface area contributed by atoms with Crippen LogP contribution in [0.5, 0.6) is 0 Å². The summed E-state index contributed by atoms with van der Waals surface area (Å²) in [5.74, 6) is 1.11. The van der Waals surface area contributed by atoms with Crippen LogP contribution in [0.15, 0.2) is 30.3 Å². The SMILES string of the molecule is CCc1c(N2CCC(N)CC2)n[nH]c1-c1ccccc1. The summed E-state index contributed by atoms with van der Waals surface area (Å²) in [7, 11) is 0. The Labute approximate surface area is 120 Å². The van der Waals surface area contributed by atoms with Crippen molar-refractivity contribution < 1.29 is 0 Å². The maximum Gasteiger partial charge on any atom is 0.154 e. The van der Waals surface area contributed by atoms with E-state index in [0.29, 0.717) is 6.04 Å². The van der Waals surface area contributed by atoms with Gasteiger partial charge in [-0.25, -0.2) is 0 Å². The Morgan fingerprint density at radius 3 is 2.60 bits per heavy atom. The number of aromatic nitrogens is 2. The molecule has 1 saturated heterocycles. The van der Waals surface area contributed by atoms with E-state index >= 15 is 0 Å². The van der Waals surface area contributed by atoms with E-state index in [1.165, 1.54) is 11.1 Å². The highest BCUT2D eigenvalue weighted by molar-refractivity contribution is 5.69. The molecule has 0 spiro atoms. The van der Waals surface area contributed by atoms with Crippen LogP contribution in [0.1, 0.15) is 25.3 Å². The second kappa shape index (κ2) is 5.67. The number of piperidine rings is 1. The fourth-order valence-corrected chi connectivity index (χ4v) is 2.91. The number of benzene rings is 1. The lowest BCUT2D eigenvalue weighted by molar-refractivity contribution is 0.498. The molecule has 0 aliphatic carbocycles. The van der Waals surface area contributed by atoms with Crippen LogP contribution in [0.3, 0.4) is 0 Å². The second-order valence-electron chi connectivity index (χ2n) is 5.44. The quantitative estimate of drug-likeness (QED) is 0.901. The minimum Gasteiger partial charge on any atom is -0.355 e. The van der Waals surface area contributed by atoms with Gasteiger partial charge in [0.05, 0.1) is 5.69 Å². The van der Waals surface area contributed by atoms with Crippen LogP contribution in [-0.2, 0) is 6.42 Å². The molecule has 106 valence electrons. The molecule has 2 aromatic rings. The van der Waals surface area contributed by atoms with Crippen LogP contribution in [-0.4, -0.2) is 29.3 Å². The van der Waals surface area contributed by atoms with Gasteiger partial charge in [-0.05, 0) is 24.8 Å². The highest BCUT2D eigenvalue weighted by Gasteiger charge is 2.22. The first-order valence-electron chi connectivity index (χ1n) is 7.42. The molecule has 3 N–H and O–H groups in total. The van der Waals surface area contributed by atoms with Gasteiger partial charge >= 0.3 is 0 Å². The summed E-state index contributed by atoms with van der Waals surface area (Å²) in [6.45, 7) is 4.21. The molecule has 1 aliphatic heterocycles. The average molecular weight is 270 g/mol. The number of nitrogens with zero attached hydrogens (tertiary/aromatic N) is 2.